The standard InChI is InChI=1S/C24H22N2O5S/c27-23(15-18-5-9-21(10-6-18)25-12-1-2-13-25)26(22-11-14-32(30,31)17-22)16-19-3-7-20(8-4-19)24(28)29/h1-14,22H,15-17H2,(H,28,29). The molecule has 1 N–H and O–H groups in total. The summed E-state index contributed by atoms with van der Waals surface area (Å²) in [7, 11) is -3.34. The number of nitrogens with zero attached hydrogens (tertiary/aromatic N) is 2. The van der Waals surface area contributed by atoms with Gasteiger partial charge in [-0.3, -0.25) is 4.79 Å². The molecule has 0 saturated heterocycles. The van der Waals surface area contributed by atoms with E-state index in [1.54, 1.807) is 12.1 Å². The van der Waals surface area contributed by atoms with E-state index in [4.69, 9.17) is 5.11 Å². The van der Waals surface area contributed by atoms with Gasteiger partial charge in [0.15, 0.2) is 9.84 Å². The number of amides is 1. The molecule has 0 saturated carbocycles. The van der Waals surface area contributed by atoms with Crippen molar-refractivity contribution < 1.29 is 23.1 Å². The summed E-state index contributed by atoms with van der Waals surface area (Å²) in [4.78, 5) is 25.8. The van der Waals surface area contributed by atoms with Crippen LogP contribution in [0.2, 0.25) is 0 Å². The average Bonchev–Trinajstić information content (AvgIpc) is 3.42. The van der Waals surface area contributed by atoms with Gasteiger partial charge in [0.2, 0.25) is 5.91 Å². The summed E-state index contributed by atoms with van der Waals surface area (Å²) in [6.45, 7) is 0.185. The Hall–Kier alpha value is -3.65. The third kappa shape index (κ3) is 4.97. The molecule has 32 heavy (non-hydrogen) atoms. The number of carboxylic acid groups (broad SMARTS) is 1. The fourth-order valence-corrected chi connectivity index (χ4v) is 4.96. The molecule has 7 nitrogen and oxygen atoms in total. The van der Waals surface area contributed by atoms with Crippen molar-refractivity contribution in [1.29, 1.82) is 0 Å². The number of carbonyl (C=O) groups is 2. The summed E-state index contributed by atoms with van der Waals surface area (Å²) in [6, 6.07) is 17.2. The van der Waals surface area contributed by atoms with Crippen LogP contribution in [0.1, 0.15) is 21.5 Å². The number of aromatic carboxylic acids is 1. The summed E-state index contributed by atoms with van der Waals surface area (Å²) in [5.74, 6) is -1.39. The maximum atomic E-state index is 13.2. The minimum absolute atomic E-state index is 0.129. The number of sulfone groups is 1. The Bertz CT molecular complexity index is 1240. The SMILES string of the molecule is O=C(O)c1ccc(CN(C(=O)Cc2ccc(-n3cccc3)cc2)C2C=CS(=O)(=O)C2)cc1. The second-order valence-corrected chi connectivity index (χ2v) is 9.61. The van der Waals surface area contributed by atoms with Crippen LogP contribution in [-0.2, 0) is 27.6 Å². The molecule has 1 atom stereocenters. The minimum atomic E-state index is -3.34. The highest BCUT2D eigenvalue weighted by Crippen LogP contribution is 2.20. The van der Waals surface area contributed by atoms with Crippen molar-refractivity contribution >= 4 is 21.7 Å². The molecule has 1 aliphatic rings. The van der Waals surface area contributed by atoms with Crippen molar-refractivity contribution in [3.8, 4) is 5.69 Å². The normalized spacial score (nSPS) is 16.7. The highest BCUT2D eigenvalue weighted by Gasteiger charge is 2.30. The van der Waals surface area contributed by atoms with Crippen molar-refractivity contribution in [1.82, 2.24) is 9.47 Å². The van der Waals surface area contributed by atoms with E-state index in [1.807, 2.05) is 53.4 Å². The molecule has 0 spiro atoms. The Kier molecular flexibility index (Phi) is 5.96. The summed E-state index contributed by atoms with van der Waals surface area (Å²) < 4.78 is 25.9. The topological polar surface area (TPSA) is 96.7 Å². The van der Waals surface area contributed by atoms with Gasteiger partial charge < -0.3 is 14.6 Å². The highest BCUT2D eigenvalue weighted by molar-refractivity contribution is 7.94. The van der Waals surface area contributed by atoms with Gasteiger partial charge in [-0.25, -0.2) is 13.2 Å². The van der Waals surface area contributed by atoms with Crippen LogP contribution >= 0.6 is 0 Å². The molecule has 2 heterocycles. The van der Waals surface area contributed by atoms with Crippen LogP contribution in [0.15, 0.2) is 84.5 Å². The number of benzene rings is 2. The zero-order valence-corrected chi connectivity index (χ0v) is 18.0. The molecule has 0 bridgehead atoms. The summed E-state index contributed by atoms with van der Waals surface area (Å²) in [5, 5.41) is 10.2. The molecule has 164 valence electrons. The number of carbonyl (C=O) groups excluding carboxylic acids is 1. The molecule has 0 fully saturated rings. The number of hydrogen-bond donors (Lipinski definition) is 1. The third-order valence-corrected chi connectivity index (χ3v) is 6.76. The summed E-state index contributed by atoms with van der Waals surface area (Å²) in [6.07, 6.45) is 5.53. The predicted molar refractivity (Wildman–Crippen MR) is 120 cm³/mol. The molecule has 1 aromatic heterocycles. The lowest BCUT2D eigenvalue weighted by molar-refractivity contribution is -0.132. The molecule has 0 radical (unpaired) electrons. The Morgan fingerprint density at radius 2 is 1.59 bits per heavy atom. The van der Waals surface area contributed by atoms with Gasteiger partial charge >= 0.3 is 5.97 Å². The predicted octanol–water partition coefficient (Wildman–Crippen LogP) is 3.06. The van der Waals surface area contributed by atoms with Gasteiger partial charge in [-0.1, -0.05) is 24.3 Å². The molecule has 8 heteroatoms. The first-order valence-electron chi connectivity index (χ1n) is 10.1. The van der Waals surface area contributed by atoms with E-state index in [2.05, 4.69) is 0 Å². The lowest BCUT2D eigenvalue weighted by Crippen LogP contribution is -2.41. The van der Waals surface area contributed by atoms with E-state index in [-0.39, 0.29) is 30.2 Å². The smallest absolute Gasteiger partial charge is 0.335 e. The number of rotatable bonds is 7. The van der Waals surface area contributed by atoms with Gasteiger partial charge in [0.25, 0.3) is 0 Å². The number of aromatic nitrogens is 1. The quantitative estimate of drug-likeness (QED) is 0.597. The van der Waals surface area contributed by atoms with Crippen LogP contribution in [0.4, 0.5) is 0 Å². The molecule has 1 aliphatic heterocycles. The number of carboxylic acids is 1. The second-order valence-electron chi connectivity index (χ2n) is 7.68. The van der Waals surface area contributed by atoms with E-state index >= 15 is 0 Å². The highest BCUT2D eigenvalue weighted by atomic mass is 32.2. The van der Waals surface area contributed by atoms with Crippen molar-refractivity contribution in [2.45, 2.75) is 19.0 Å². The molecule has 1 unspecified atom stereocenters. The van der Waals surface area contributed by atoms with E-state index in [0.717, 1.165) is 22.2 Å². The van der Waals surface area contributed by atoms with Crippen LogP contribution in [-0.4, -0.2) is 46.7 Å². The molecular weight excluding hydrogens is 428 g/mol. The summed E-state index contributed by atoms with van der Waals surface area (Å²) in [5.41, 5.74) is 2.68. The fraction of sp³-hybridized carbons (Fsp3) is 0.167. The Morgan fingerprint density at radius 3 is 2.16 bits per heavy atom. The van der Waals surface area contributed by atoms with Gasteiger partial charge in [-0.15, -0.1) is 0 Å². The number of hydrogen-bond acceptors (Lipinski definition) is 4. The summed E-state index contributed by atoms with van der Waals surface area (Å²) >= 11 is 0. The first-order chi connectivity index (χ1) is 15.3. The van der Waals surface area contributed by atoms with Gasteiger partial charge in [0, 0.05) is 30.0 Å². The van der Waals surface area contributed by atoms with Crippen LogP contribution < -0.4 is 0 Å². The van der Waals surface area contributed by atoms with E-state index in [1.165, 1.54) is 23.1 Å². The average molecular weight is 451 g/mol. The van der Waals surface area contributed by atoms with Gasteiger partial charge in [-0.05, 0) is 53.6 Å². The second kappa shape index (κ2) is 8.84. The van der Waals surface area contributed by atoms with Crippen molar-refractivity contribution in [2.75, 3.05) is 5.75 Å². The molecule has 4 rings (SSSR count). The molecule has 0 aliphatic carbocycles. The van der Waals surface area contributed by atoms with Crippen molar-refractivity contribution in [2.24, 2.45) is 0 Å². The Balaban J connectivity index is 1.53. The zero-order valence-electron chi connectivity index (χ0n) is 17.2. The molecule has 2 aromatic carbocycles. The van der Waals surface area contributed by atoms with Crippen LogP contribution in [0, 0.1) is 0 Å². The monoisotopic (exact) mass is 450 g/mol. The first kappa shape index (κ1) is 21.6. The minimum Gasteiger partial charge on any atom is -0.478 e. The van der Waals surface area contributed by atoms with Crippen LogP contribution in [0.3, 0.4) is 0 Å². The lowest BCUT2D eigenvalue weighted by Gasteiger charge is -2.28. The van der Waals surface area contributed by atoms with Crippen LogP contribution in [0.25, 0.3) is 5.69 Å². The molecule has 3 aromatic rings. The van der Waals surface area contributed by atoms with Crippen molar-refractivity contribution in [3.05, 3.63) is 101 Å². The third-order valence-electron chi connectivity index (χ3n) is 5.38. The van der Waals surface area contributed by atoms with Crippen molar-refractivity contribution in [3.63, 3.8) is 0 Å². The maximum absolute atomic E-state index is 13.2. The fourth-order valence-electron chi connectivity index (χ4n) is 3.66. The van der Waals surface area contributed by atoms with Gasteiger partial charge in [0.05, 0.1) is 23.8 Å². The van der Waals surface area contributed by atoms with Gasteiger partial charge in [0.1, 0.15) is 0 Å². The lowest BCUT2D eigenvalue weighted by atomic mass is 10.1. The Morgan fingerprint density at radius 1 is 0.969 bits per heavy atom. The maximum Gasteiger partial charge on any atom is 0.335 e. The van der Waals surface area contributed by atoms with E-state index in [0.29, 0.717) is 0 Å². The Labute approximate surface area is 186 Å². The molecular formula is C24H22N2O5S. The van der Waals surface area contributed by atoms with E-state index < -0.39 is 21.8 Å². The zero-order chi connectivity index (χ0) is 22.7. The van der Waals surface area contributed by atoms with E-state index in [9.17, 15) is 18.0 Å². The van der Waals surface area contributed by atoms with Crippen LogP contribution in [0.5, 0.6) is 0 Å². The first-order valence-corrected chi connectivity index (χ1v) is 11.8. The molecule has 1 amide bonds. The largest absolute Gasteiger partial charge is 0.478 e. The van der Waals surface area contributed by atoms with Gasteiger partial charge in [-0.2, -0.15) is 0 Å².